The maximum atomic E-state index is 13.8. The van der Waals surface area contributed by atoms with Gasteiger partial charge in [0.1, 0.15) is 11.6 Å². The van der Waals surface area contributed by atoms with Crippen LogP contribution in [0.4, 0.5) is 8.78 Å². The summed E-state index contributed by atoms with van der Waals surface area (Å²) in [6.45, 7) is 0. The average Bonchev–Trinajstić information content (AvgIpc) is 3.09. The van der Waals surface area contributed by atoms with Gasteiger partial charge in [-0.3, -0.25) is 0 Å². The second-order valence-corrected chi connectivity index (χ2v) is 5.05. The zero-order valence-corrected chi connectivity index (χ0v) is 11.2. The number of halogens is 2. The van der Waals surface area contributed by atoms with Crippen molar-refractivity contribution in [3.05, 3.63) is 53.0 Å². The van der Waals surface area contributed by atoms with Gasteiger partial charge in [0.05, 0.1) is 10.4 Å². The zero-order valence-electron chi connectivity index (χ0n) is 10.3. The number of thiophene rings is 1. The Labute approximate surface area is 121 Å². The maximum absolute atomic E-state index is 13.8. The molecule has 2 heterocycles. The van der Waals surface area contributed by atoms with Gasteiger partial charge in [-0.15, -0.1) is 11.3 Å². The van der Waals surface area contributed by atoms with Crippen molar-refractivity contribution in [1.82, 2.24) is 4.98 Å². The lowest BCUT2D eigenvalue weighted by Crippen LogP contribution is -2.00. The van der Waals surface area contributed by atoms with Crippen molar-refractivity contribution in [3.63, 3.8) is 0 Å². The van der Waals surface area contributed by atoms with Crippen LogP contribution in [0, 0.1) is 11.6 Å². The molecule has 0 saturated carbocycles. The molecule has 0 aliphatic carbocycles. The summed E-state index contributed by atoms with van der Waals surface area (Å²) in [5, 5.41) is 10.9. The molecular formula is C14H7F2NO3S. The Morgan fingerprint density at radius 3 is 2.76 bits per heavy atom. The van der Waals surface area contributed by atoms with Crippen molar-refractivity contribution in [3.8, 4) is 22.1 Å². The van der Waals surface area contributed by atoms with E-state index in [2.05, 4.69) is 4.98 Å². The van der Waals surface area contributed by atoms with Crippen LogP contribution in [0.25, 0.3) is 22.1 Å². The minimum atomic E-state index is -1.37. The summed E-state index contributed by atoms with van der Waals surface area (Å²) in [6.07, 6.45) is 0. The second kappa shape index (κ2) is 5.10. The van der Waals surface area contributed by atoms with Crippen LogP contribution in [0.5, 0.6) is 0 Å². The maximum Gasteiger partial charge on any atom is 0.358 e. The molecule has 0 unspecified atom stereocenters. The molecule has 1 aromatic carbocycles. The molecule has 106 valence electrons. The Balaban J connectivity index is 2.21. The Morgan fingerprint density at radius 2 is 2.10 bits per heavy atom. The molecular weight excluding hydrogens is 300 g/mol. The summed E-state index contributed by atoms with van der Waals surface area (Å²) < 4.78 is 32.4. The van der Waals surface area contributed by atoms with E-state index in [-0.39, 0.29) is 17.2 Å². The van der Waals surface area contributed by atoms with Gasteiger partial charge in [0.2, 0.25) is 5.89 Å². The molecule has 0 spiro atoms. The Bertz CT molecular complexity index is 812. The molecule has 7 heteroatoms. The molecule has 2 aromatic heterocycles. The quantitative estimate of drug-likeness (QED) is 0.793. The van der Waals surface area contributed by atoms with Crippen molar-refractivity contribution in [2.75, 3.05) is 0 Å². The molecule has 0 aliphatic heterocycles. The predicted molar refractivity (Wildman–Crippen MR) is 72.1 cm³/mol. The highest BCUT2D eigenvalue weighted by Gasteiger charge is 2.24. The first-order valence-electron chi connectivity index (χ1n) is 5.79. The highest BCUT2D eigenvalue weighted by atomic mass is 32.1. The lowest BCUT2D eigenvalue weighted by Gasteiger charge is -2.00. The van der Waals surface area contributed by atoms with Crippen molar-refractivity contribution in [2.45, 2.75) is 0 Å². The minimum Gasteiger partial charge on any atom is -0.476 e. The van der Waals surface area contributed by atoms with Crippen molar-refractivity contribution in [1.29, 1.82) is 0 Å². The van der Waals surface area contributed by atoms with Gasteiger partial charge in [-0.1, -0.05) is 6.07 Å². The smallest absolute Gasteiger partial charge is 0.358 e. The third-order valence-corrected chi connectivity index (χ3v) is 3.59. The fourth-order valence-electron chi connectivity index (χ4n) is 1.82. The second-order valence-electron chi connectivity index (χ2n) is 4.10. The first kappa shape index (κ1) is 13.4. The molecule has 0 saturated heterocycles. The van der Waals surface area contributed by atoms with E-state index in [1.807, 2.05) is 0 Å². The Hall–Kier alpha value is -2.54. The molecule has 3 aromatic rings. The van der Waals surface area contributed by atoms with Crippen LogP contribution in [-0.2, 0) is 0 Å². The van der Waals surface area contributed by atoms with E-state index in [1.165, 1.54) is 11.3 Å². The highest BCUT2D eigenvalue weighted by Crippen LogP contribution is 2.33. The number of aromatic carboxylic acids is 1. The van der Waals surface area contributed by atoms with Crippen LogP contribution in [0.1, 0.15) is 10.5 Å². The molecule has 21 heavy (non-hydrogen) atoms. The van der Waals surface area contributed by atoms with Crippen LogP contribution in [0.15, 0.2) is 40.1 Å². The van der Waals surface area contributed by atoms with Gasteiger partial charge < -0.3 is 9.52 Å². The summed E-state index contributed by atoms with van der Waals surface area (Å²) in [4.78, 5) is 15.7. The number of carbonyl (C=O) groups is 1. The van der Waals surface area contributed by atoms with E-state index in [0.29, 0.717) is 4.88 Å². The molecule has 3 rings (SSSR count). The number of rotatable bonds is 3. The number of carboxylic acids is 1. The number of benzene rings is 1. The van der Waals surface area contributed by atoms with E-state index >= 15 is 0 Å². The zero-order chi connectivity index (χ0) is 15.0. The first-order valence-corrected chi connectivity index (χ1v) is 6.67. The highest BCUT2D eigenvalue weighted by molar-refractivity contribution is 7.13. The number of carboxylic acid groups (broad SMARTS) is 1. The third-order valence-electron chi connectivity index (χ3n) is 2.73. The fraction of sp³-hybridized carbons (Fsp3) is 0. The van der Waals surface area contributed by atoms with Gasteiger partial charge in [0.25, 0.3) is 0 Å². The Morgan fingerprint density at radius 1 is 1.29 bits per heavy atom. The van der Waals surface area contributed by atoms with E-state index in [4.69, 9.17) is 9.52 Å². The van der Waals surface area contributed by atoms with Gasteiger partial charge >= 0.3 is 5.97 Å². The molecule has 0 aliphatic rings. The topological polar surface area (TPSA) is 63.3 Å². The van der Waals surface area contributed by atoms with E-state index in [9.17, 15) is 13.6 Å². The van der Waals surface area contributed by atoms with E-state index < -0.39 is 23.3 Å². The summed E-state index contributed by atoms with van der Waals surface area (Å²) in [7, 11) is 0. The van der Waals surface area contributed by atoms with Crippen molar-refractivity contribution >= 4 is 17.3 Å². The van der Waals surface area contributed by atoms with Gasteiger partial charge in [-0.2, -0.15) is 0 Å². The van der Waals surface area contributed by atoms with E-state index in [1.54, 1.807) is 17.5 Å². The normalized spacial score (nSPS) is 10.8. The monoisotopic (exact) mass is 307 g/mol. The van der Waals surface area contributed by atoms with Crippen LogP contribution < -0.4 is 0 Å². The molecule has 0 atom stereocenters. The molecule has 0 bridgehead atoms. The lowest BCUT2D eigenvalue weighted by atomic mass is 10.1. The van der Waals surface area contributed by atoms with Crippen LogP contribution in [0.2, 0.25) is 0 Å². The van der Waals surface area contributed by atoms with Crippen LogP contribution in [0.3, 0.4) is 0 Å². The van der Waals surface area contributed by atoms with E-state index in [0.717, 1.165) is 18.2 Å². The predicted octanol–water partition coefficient (Wildman–Crippen LogP) is 4.05. The minimum absolute atomic E-state index is 0.0565. The number of oxazole rings is 1. The summed E-state index contributed by atoms with van der Waals surface area (Å²) in [5.41, 5.74) is -0.731. The summed E-state index contributed by atoms with van der Waals surface area (Å²) in [5.74, 6) is -3.10. The number of hydrogen-bond acceptors (Lipinski definition) is 4. The average molecular weight is 307 g/mol. The summed E-state index contributed by atoms with van der Waals surface area (Å²) >= 11 is 1.30. The molecule has 4 nitrogen and oxygen atoms in total. The summed E-state index contributed by atoms with van der Waals surface area (Å²) in [6, 6.07) is 6.15. The molecule has 1 N–H and O–H groups in total. The van der Waals surface area contributed by atoms with Crippen molar-refractivity contribution < 1.29 is 23.1 Å². The largest absolute Gasteiger partial charge is 0.476 e. The van der Waals surface area contributed by atoms with Crippen molar-refractivity contribution in [2.24, 2.45) is 0 Å². The lowest BCUT2D eigenvalue weighted by molar-refractivity contribution is 0.0691. The molecule has 0 fully saturated rings. The number of aromatic nitrogens is 1. The third kappa shape index (κ3) is 2.43. The number of hydrogen-bond donors (Lipinski definition) is 1. The van der Waals surface area contributed by atoms with Crippen LogP contribution in [-0.4, -0.2) is 16.1 Å². The standard InChI is InChI=1S/C14H7F2NO3S/c15-7-3-4-9(16)8(6-7)12-11(14(18)19)17-13(20-12)10-2-1-5-21-10/h1-6H,(H,18,19). The molecule has 0 amide bonds. The fourth-order valence-corrected chi connectivity index (χ4v) is 2.47. The van der Waals surface area contributed by atoms with Gasteiger partial charge in [-0.05, 0) is 29.6 Å². The first-order chi connectivity index (χ1) is 10.1. The van der Waals surface area contributed by atoms with Gasteiger partial charge in [0.15, 0.2) is 11.5 Å². The van der Waals surface area contributed by atoms with Gasteiger partial charge in [-0.25, -0.2) is 18.6 Å². The Kier molecular flexibility index (Phi) is 3.26. The SMILES string of the molecule is O=C(O)c1nc(-c2cccs2)oc1-c1cc(F)ccc1F. The van der Waals surface area contributed by atoms with Gasteiger partial charge in [0, 0.05) is 0 Å². The molecule has 0 radical (unpaired) electrons. The van der Waals surface area contributed by atoms with Crippen LogP contribution >= 0.6 is 11.3 Å². The number of nitrogens with zero attached hydrogens (tertiary/aromatic N) is 1.